The number of benzene rings is 3. The van der Waals surface area contributed by atoms with Crippen molar-refractivity contribution in [2.24, 2.45) is 0 Å². The zero-order chi connectivity index (χ0) is 23.1. The molecule has 0 unspecified atom stereocenters. The first-order chi connectivity index (χ1) is 16.0. The van der Waals surface area contributed by atoms with Crippen LogP contribution in [0.5, 0.6) is 5.75 Å². The predicted molar refractivity (Wildman–Crippen MR) is 128 cm³/mol. The Balaban J connectivity index is 1.41. The molecule has 0 spiro atoms. The summed E-state index contributed by atoms with van der Waals surface area (Å²) in [6.45, 7) is 0.437. The summed E-state index contributed by atoms with van der Waals surface area (Å²) in [6, 6.07) is 21.6. The van der Waals surface area contributed by atoms with Crippen molar-refractivity contribution in [1.82, 2.24) is 0 Å². The molecular formula is C26H26N2O4S. The number of nitrogens with one attached hydrogen (secondary N) is 1. The number of methoxy groups -OCH3 is 1. The number of carbonyl (C=O) groups excluding carboxylic acids is 1. The smallest absolute Gasteiger partial charge is 0.264 e. The van der Waals surface area contributed by atoms with Crippen LogP contribution in [0, 0.1) is 0 Å². The van der Waals surface area contributed by atoms with Crippen LogP contribution in [0.15, 0.2) is 77.7 Å². The summed E-state index contributed by atoms with van der Waals surface area (Å²) in [5, 5.41) is 3.07. The van der Waals surface area contributed by atoms with Crippen LogP contribution < -0.4 is 14.4 Å². The lowest BCUT2D eigenvalue weighted by Gasteiger charge is -2.31. The minimum absolute atomic E-state index is 0.0588. The summed E-state index contributed by atoms with van der Waals surface area (Å²) < 4.78 is 33.4. The van der Waals surface area contributed by atoms with Gasteiger partial charge in [-0.05, 0) is 67.6 Å². The Kier molecular flexibility index (Phi) is 5.37. The van der Waals surface area contributed by atoms with Crippen molar-refractivity contribution in [2.45, 2.75) is 36.0 Å². The molecule has 3 aromatic carbocycles. The lowest BCUT2D eigenvalue weighted by molar-refractivity contribution is -0.118. The Hall–Kier alpha value is -3.32. The predicted octanol–water partition coefficient (Wildman–Crippen LogP) is 4.51. The maximum Gasteiger partial charge on any atom is 0.264 e. The molecule has 0 aromatic heterocycles. The second kappa shape index (κ2) is 8.23. The molecule has 3 aromatic rings. The quantitative estimate of drug-likeness (QED) is 0.585. The van der Waals surface area contributed by atoms with Gasteiger partial charge >= 0.3 is 0 Å². The van der Waals surface area contributed by atoms with Crippen molar-refractivity contribution in [3.8, 4) is 5.75 Å². The number of nitrogens with zero attached hydrogens (tertiary/aromatic N) is 1. The van der Waals surface area contributed by atoms with E-state index in [0.717, 1.165) is 42.6 Å². The van der Waals surface area contributed by atoms with Gasteiger partial charge in [0.2, 0.25) is 5.91 Å². The Labute approximate surface area is 194 Å². The molecule has 1 saturated carbocycles. The number of hydrogen-bond acceptors (Lipinski definition) is 4. The Morgan fingerprint density at radius 1 is 1.00 bits per heavy atom. The van der Waals surface area contributed by atoms with Gasteiger partial charge in [0.25, 0.3) is 10.0 Å². The van der Waals surface area contributed by atoms with E-state index in [9.17, 15) is 13.2 Å². The highest BCUT2D eigenvalue weighted by molar-refractivity contribution is 7.92. The molecule has 7 heteroatoms. The van der Waals surface area contributed by atoms with E-state index in [1.54, 1.807) is 49.6 Å². The first-order valence-electron chi connectivity index (χ1n) is 11.1. The number of amides is 1. The lowest BCUT2D eigenvalue weighted by atomic mass is 9.93. The van der Waals surface area contributed by atoms with E-state index in [1.165, 1.54) is 4.31 Å². The van der Waals surface area contributed by atoms with Gasteiger partial charge in [0, 0.05) is 17.8 Å². The van der Waals surface area contributed by atoms with Gasteiger partial charge in [0.15, 0.2) is 0 Å². The molecule has 170 valence electrons. The molecule has 0 saturated heterocycles. The van der Waals surface area contributed by atoms with E-state index in [1.807, 2.05) is 30.3 Å². The molecule has 33 heavy (non-hydrogen) atoms. The lowest BCUT2D eigenvalue weighted by Crippen LogP contribution is -2.35. The third-order valence-corrected chi connectivity index (χ3v) is 8.38. The molecule has 0 radical (unpaired) electrons. The molecule has 0 bridgehead atoms. The minimum Gasteiger partial charge on any atom is -0.496 e. The van der Waals surface area contributed by atoms with Crippen LogP contribution in [0.3, 0.4) is 0 Å². The first kappa shape index (κ1) is 21.5. The molecule has 1 aliphatic carbocycles. The van der Waals surface area contributed by atoms with Crippen LogP contribution in [-0.2, 0) is 26.7 Å². The monoisotopic (exact) mass is 462 g/mol. The van der Waals surface area contributed by atoms with E-state index >= 15 is 0 Å². The molecule has 6 nitrogen and oxygen atoms in total. The summed E-state index contributed by atoms with van der Waals surface area (Å²) in [4.78, 5) is 13.5. The average molecular weight is 463 g/mol. The van der Waals surface area contributed by atoms with Gasteiger partial charge in [0.05, 0.1) is 23.1 Å². The van der Waals surface area contributed by atoms with Crippen LogP contribution in [0.25, 0.3) is 0 Å². The fourth-order valence-corrected chi connectivity index (χ4v) is 6.21. The number of hydrogen-bond donors (Lipinski definition) is 1. The molecule has 1 aliphatic heterocycles. The number of rotatable bonds is 6. The van der Waals surface area contributed by atoms with Crippen molar-refractivity contribution in [1.29, 1.82) is 0 Å². The number of aryl methyl sites for hydroxylation is 1. The van der Waals surface area contributed by atoms with E-state index in [2.05, 4.69) is 5.32 Å². The third kappa shape index (κ3) is 3.76. The first-order valence-corrected chi connectivity index (χ1v) is 12.6. The SMILES string of the molecule is COc1ccccc1C1(C(=O)Nc2ccc3c(c2)CCCN3S(=O)(=O)c2ccccc2)CC1. The van der Waals surface area contributed by atoms with Crippen LogP contribution in [0.2, 0.25) is 0 Å². The molecule has 1 heterocycles. The maximum absolute atomic E-state index is 13.3. The van der Waals surface area contributed by atoms with Gasteiger partial charge in [-0.2, -0.15) is 0 Å². The second-order valence-electron chi connectivity index (χ2n) is 8.57. The highest BCUT2D eigenvalue weighted by Gasteiger charge is 2.52. The van der Waals surface area contributed by atoms with Crippen molar-refractivity contribution in [3.05, 3.63) is 83.9 Å². The standard InChI is InChI=1S/C26H26N2O4S/c1-32-24-12-6-5-11-22(24)26(15-16-26)25(29)27-20-13-14-23-19(18-20)8-7-17-28(23)33(30,31)21-9-3-2-4-10-21/h2-6,9-14,18H,7-8,15-17H2,1H3,(H,27,29). The van der Waals surface area contributed by atoms with E-state index < -0.39 is 15.4 Å². The Morgan fingerprint density at radius 3 is 2.45 bits per heavy atom. The summed E-state index contributed by atoms with van der Waals surface area (Å²) in [5.74, 6) is 0.661. The number of anilines is 2. The second-order valence-corrected chi connectivity index (χ2v) is 10.4. The van der Waals surface area contributed by atoms with Crippen LogP contribution in [0.1, 0.15) is 30.4 Å². The number of sulfonamides is 1. The van der Waals surface area contributed by atoms with Crippen molar-refractivity contribution < 1.29 is 17.9 Å². The summed E-state index contributed by atoms with van der Waals surface area (Å²) in [5.41, 5.74) is 2.60. The fraction of sp³-hybridized carbons (Fsp3) is 0.269. The molecule has 2 aliphatic rings. The summed E-state index contributed by atoms with van der Waals surface area (Å²) >= 11 is 0. The highest BCUT2D eigenvalue weighted by Crippen LogP contribution is 2.52. The zero-order valence-corrected chi connectivity index (χ0v) is 19.3. The van der Waals surface area contributed by atoms with Crippen molar-refractivity contribution in [3.63, 3.8) is 0 Å². The van der Waals surface area contributed by atoms with E-state index in [0.29, 0.717) is 17.9 Å². The van der Waals surface area contributed by atoms with E-state index in [4.69, 9.17) is 4.74 Å². The Bertz CT molecular complexity index is 1300. The molecule has 1 N–H and O–H groups in total. The summed E-state index contributed by atoms with van der Waals surface area (Å²) in [7, 11) is -2.02. The van der Waals surface area contributed by atoms with Gasteiger partial charge < -0.3 is 10.1 Å². The molecule has 5 rings (SSSR count). The fourth-order valence-electron chi connectivity index (χ4n) is 4.64. The summed E-state index contributed by atoms with van der Waals surface area (Å²) in [6.07, 6.45) is 3.03. The van der Waals surface area contributed by atoms with Crippen molar-refractivity contribution in [2.75, 3.05) is 23.3 Å². The van der Waals surface area contributed by atoms with Gasteiger partial charge in [-0.1, -0.05) is 36.4 Å². The van der Waals surface area contributed by atoms with Gasteiger partial charge in [0.1, 0.15) is 5.75 Å². The minimum atomic E-state index is -3.64. The Morgan fingerprint density at radius 2 is 1.73 bits per heavy atom. The molecular weight excluding hydrogens is 436 g/mol. The molecule has 1 fully saturated rings. The normalized spacial score (nSPS) is 16.6. The van der Waals surface area contributed by atoms with Gasteiger partial charge in [-0.25, -0.2) is 8.42 Å². The third-order valence-electron chi connectivity index (χ3n) is 6.55. The number of para-hydroxylation sites is 1. The topological polar surface area (TPSA) is 75.7 Å². The van der Waals surface area contributed by atoms with Crippen LogP contribution in [0.4, 0.5) is 11.4 Å². The van der Waals surface area contributed by atoms with Gasteiger partial charge in [-0.15, -0.1) is 0 Å². The van der Waals surface area contributed by atoms with Crippen molar-refractivity contribution >= 4 is 27.3 Å². The number of ether oxygens (including phenoxy) is 1. The number of fused-ring (bicyclic) bond motifs is 1. The largest absolute Gasteiger partial charge is 0.496 e. The van der Waals surface area contributed by atoms with Crippen LogP contribution >= 0.6 is 0 Å². The molecule has 0 atom stereocenters. The van der Waals surface area contributed by atoms with Gasteiger partial charge in [-0.3, -0.25) is 9.10 Å². The molecule has 1 amide bonds. The number of carbonyl (C=O) groups is 1. The van der Waals surface area contributed by atoms with E-state index in [-0.39, 0.29) is 10.8 Å². The average Bonchev–Trinajstić information content (AvgIpc) is 3.66. The maximum atomic E-state index is 13.3. The van der Waals surface area contributed by atoms with Crippen LogP contribution in [-0.4, -0.2) is 28.0 Å². The highest BCUT2D eigenvalue weighted by atomic mass is 32.2. The zero-order valence-electron chi connectivity index (χ0n) is 18.5.